The molecule has 0 aliphatic carbocycles. The summed E-state index contributed by atoms with van der Waals surface area (Å²) in [6.07, 6.45) is 0. The van der Waals surface area contributed by atoms with Gasteiger partial charge in [-0.15, -0.1) is 0 Å². The lowest BCUT2D eigenvalue weighted by Gasteiger charge is -2.07. The van der Waals surface area contributed by atoms with Crippen LogP contribution in [0.15, 0.2) is 48.5 Å². The molecule has 2 aromatic rings. The van der Waals surface area contributed by atoms with Gasteiger partial charge in [-0.2, -0.15) is 0 Å². The van der Waals surface area contributed by atoms with Crippen molar-refractivity contribution in [2.75, 3.05) is 13.2 Å². The molecule has 0 fully saturated rings. The van der Waals surface area contributed by atoms with Crippen molar-refractivity contribution in [2.45, 2.75) is 13.8 Å². The first-order valence-corrected chi connectivity index (χ1v) is 6.64. The van der Waals surface area contributed by atoms with E-state index in [4.69, 9.17) is 9.47 Å². The standard InChI is InChI=1S/C17H18O3/c1-3-19-15-9-7-14(8-10-15)17(18)12-20-16-6-4-5-13(2)11-16/h4-11H,3,12H2,1-2H3. The Labute approximate surface area is 119 Å². The summed E-state index contributed by atoms with van der Waals surface area (Å²) in [5, 5.41) is 0. The second-order valence-corrected chi connectivity index (χ2v) is 4.49. The fourth-order valence-electron chi connectivity index (χ4n) is 1.84. The van der Waals surface area contributed by atoms with E-state index >= 15 is 0 Å². The number of carbonyl (C=O) groups excluding carboxylic acids is 1. The molecule has 0 heterocycles. The highest BCUT2D eigenvalue weighted by atomic mass is 16.5. The van der Waals surface area contributed by atoms with Crippen LogP contribution < -0.4 is 9.47 Å². The molecule has 0 N–H and O–H groups in total. The molecule has 0 atom stereocenters. The zero-order chi connectivity index (χ0) is 14.4. The van der Waals surface area contributed by atoms with Crippen LogP contribution in [0.4, 0.5) is 0 Å². The monoisotopic (exact) mass is 270 g/mol. The van der Waals surface area contributed by atoms with E-state index in [9.17, 15) is 4.79 Å². The molecule has 0 aliphatic heterocycles. The normalized spacial score (nSPS) is 10.1. The van der Waals surface area contributed by atoms with E-state index in [1.807, 2.05) is 38.1 Å². The maximum Gasteiger partial charge on any atom is 0.200 e. The predicted octanol–water partition coefficient (Wildman–Crippen LogP) is 3.66. The Kier molecular flexibility index (Phi) is 4.77. The molecule has 2 rings (SSSR count). The SMILES string of the molecule is CCOc1ccc(C(=O)COc2cccc(C)c2)cc1. The molecule has 20 heavy (non-hydrogen) atoms. The van der Waals surface area contributed by atoms with E-state index in [0.717, 1.165) is 11.3 Å². The van der Waals surface area contributed by atoms with Crippen molar-refractivity contribution in [3.05, 3.63) is 59.7 Å². The van der Waals surface area contributed by atoms with Gasteiger partial charge in [0.2, 0.25) is 0 Å². The molecule has 0 saturated carbocycles. The van der Waals surface area contributed by atoms with Gasteiger partial charge in [0, 0.05) is 5.56 Å². The van der Waals surface area contributed by atoms with Crippen molar-refractivity contribution >= 4 is 5.78 Å². The largest absolute Gasteiger partial charge is 0.494 e. The van der Waals surface area contributed by atoms with E-state index in [0.29, 0.717) is 17.9 Å². The zero-order valence-corrected chi connectivity index (χ0v) is 11.8. The van der Waals surface area contributed by atoms with Crippen LogP contribution in [-0.4, -0.2) is 19.0 Å². The van der Waals surface area contributed by atoms with Gasteiger partial charge < -0.3 is 9.47 Å². The van der Waals surface area contributed by atoms with Gasteiger partial charge in [0.15, 0.2) is 12.4 Å². The number of benzene rings is 2. The van der Waals surface area contributed by atoms with E-state index in [1.165, 1.54) is 0 Å². The fraction of sp³-hybridized carbons (Fsp3) is 0.235. The topological polar surface area (TPSA) is 35.5 Å². The molecule has 2 aromatic carbocycles. The predicted molar refractivity (Wildman–Crippen MR) is 78.6 cm³/mol. The highest BCUT2D eigenvalue weighted by Crippen LogP contribution is 2.15. The van der Waals surface area contributed by atoms with Crippen molar-refractivity contribution in [1.29, 1.82) is 0 Å². The lowest BCUT2D eigenvalue weighted by atomic mass is 10.1. The Morgan fingerprint density at radius 3 is 2.40 bits per heavy atom. The van der Waals surface area contributed by atoms with Crippen LogP contribution in [0, 0.1) is 6.92 Å². The first kappa shape index (κ1) is 14.1. The van der Waals surface area contributed by atoms with Crippen molar-refractivity contribution < 1.29 is 14.3 Å². The van der Waals surface area contributed by atoms with Gasteiger partial charge in [-0.3, -0.25) is 4.79 Å². The van der Waals surface area contributed by atoms with Crippen molar-refractivity contribution in [1.82, 2.24) is 0 Å². The third kappa shape index (κ3) is 3.85. The molecule has 0 amide bonds. The molecule has 0 spiro atoms. The molecule has 0 unspecified atom stereocenters. The average molecular weight is 270 g/mol. The van der Waals surface area contributed by atoms with Crippen molar-refractivity contribution in [2.24, 2.45) is 0 Å². The smallest absolute Gasteiger partial charge is 0.200 e. The Morgan fingerprint density at radius 1 is 1.00 bits per heavy atom. The number of ether oxygens (including phenoxy) is 2. The van der Waals surface area contributed by atoms with E-state index < -0.39 is 0 Å². The fourth-order valence-corrected chi connectivity index (χ4v) is 1.84. The minimum atomic E-state index is -0.0467. The Hall–Kier alpha value is -2.29. The van der Waals surface area contributed by atoms with E-state index in [-0.39, 0.29) is 12.4 Å². The number of aryl methyl sites for hydroxylation is 1. The minimum absolute atomic E-state index is 0.0391. The van der Waals surface area contributed by atoms with Crippen LogP contribution in [-0.2, 0) is 0 Å². The minimum Gasteiger partial charge on any atom is -0.494 e. The van der Waals surface area contributed by atoms with E-state index in [1.54, 1.807) is 24.3 Å². The molecule has 0 aromatic heterocycles. The quantitative estimate of drug-likeness (QED) is 0.751. The van der Waals surface area contributed by atoms with Gasteiger partial charge in [0.05, 0.1) is 6.61 Å². The first-order chi connectivity index (χ1) is 9.69. The number of carbonyl (C=O) groups is 1. The summed E-state index contributed by atoms with van der Waals surface area (Å²) in [4.78, 5) is 12.0. The zero-order valence-electron chi connectivity index (χ0n) is 11.8. The van der Waals surface area contributed by atoms with Crippen LogP contribution in [0.2, 0.25) is 0 Å². The first-order valence-electron chi connectivity index (χ1n) is 6.64. The molecule has 3 nitrogen and oxygen atoms in total. The second-order valence-electron chi connectivity index (χ2n) is 4.49. The Morgan fingerprint density at radius 2 is 1.75 bits per heavy atom. The molecular weight excluding hydrogens is 252 g/mol. The number of rotatable bonds is 6. The average Bonchev–Trinajstić information content (AvgIpc) is 2.46. The number of hydrogen-bond acceptors (Lipinski definition) is 3. The second kappa shape index (κ2) is 6.75. The third-order valence-corrected chi connectivity index (χ3v) is 2.85. The lowest BCUT2D eigenvalue weighted by molar-refractivity contribution is 0.0921. The molecule has 0 aliphatic rings. The van der Waals surface area contributed by atoms with Gasteiger partial charge in [-0.05, 0) is 55.8 Å². The maximum absolute atomic E-state index is 12.0. The molecule has 104 valence electrons. The third-order valence-electron chi connectivity index (χ3n) is 2.85. The van der Waals surface area contributed by atoms with Crippen LogP contribution in [0.1, 0.15) is 22.8 Å². The van der Waals surface area contributed by atoms with Gasteiger partial charge in [-0.1, -0.05) is 12.1 Å². The van der Waals surface area contributed by atoms with Crippen LogP contribution in [0.5, 0.6) is 11.5 Å². The lowest BCUT2D eigenvalue weighted by Crippen LogP contribution is -2.11. The highest BCUT2D eigenvalue weighted by Gasteiger charge is 2.07. The summed E-state index contributed by atoms with van der Waals surface area (Å²) < 4.78 is 10.8. The Bertz CT molecular complexity index is 573. The van der Waals surface area contributed by atoms with Crippen LogP contribution >= 0.6 is 0 Å². The van der Waals surface area contributed by atoms with Gasteiger partial charge >= 0.3 is 0 Å². The van der Waals surface area contributed by atoms with Gasteiger partial charge in [-0.25, -0.2) is 0 Å². The summed E-state index contributed by atoms with van der Waals surface area (Å²) in [7, 11) is 0. The molecule has 0 saturated heterocycles. The number of ketones is 1. The molecule has 0 radical (unpaired) electrons. The summed E-state index contributed by atoms with van der Waals surface area (Å²) in [5.41, 5.74) is 1.73. The van der Waals surface area contributed by atoms with Gasteiger partial charge in [0.1, 0.15) is 11.5 Å². The van der Waals surface area contributed by atoms with Crippen LogP contribution in [0.3, 0.4) is 0 Å². The summed E-state index contributed by atoms with van der Waals surface area (Å²) in [6.45, 7) is 4.57. The Balaban J connectivity index is 1.94. The van der Waals surface area contributed by atoms with Crippen LogP contribution in [0.25, 0.3) is 0 Å². The van der Waals surface area contributed by atoms with E-state index in [2.05, 4.69) is 0 Å². The van der Waals surface area contributed by atoms with Gasteiger partial charge in [0.25, 0.3) is 0 Å². The number of hydrogen-bond donors (Lipinski definition) is 0. The molecule has 3 heteroatoms. The highest BCUT2D eigenvalue weighted by molar-refractivity contribution is 5.97. The summed E-state index contributed by atoms with van der Waals surface area (Å²) in [5.74, 6) is 1.43. The molecule has 0 bridgehead atoms. The number of Topliss-reactive ketones (excluding diaryl/α,β-unsaturated/α-hetero) is 1. The van der Waals surface area contributed by atoms with Crippen molar-refractivity contribution in [3.63, 3.8) is 0 Å². The maximum atomic E-state index is 12.0. The summed E-state index contributed by atoms with van der Waals surface area (Å²) in [6, 6.07) is 14.8. The van der Waals surface area contributed by atoms with Crippen molar-refractivity contribution in [3.8, 4) is 11.5 Å². The summed E-state index contributed by atoms with van der Waals surface area (Å²) >= 11 is 0. The molecular formula is C17H18O3.